The summed E-state index contributed by atoms with van der Waals surface area (Å²) in [5.41, 5.74) is 5.74. The molecule has 2 aliphatic rings. The Morgan fingerprint density at radius 2 is 2.22 bits per heavy atom. The average Bonchev–Trinajstić information content (AvgIpc) is 3.01. The first-order valence-corrected chi connectivity index (χ1v) is 6.41. The normalized spacial score (nSPS) is 23.5. The minimum Gasteiger partial charge on any atom is -0.385 e. The van der Waals surface area contributed by atoms with Crippen LogP contribution < -0.4 is 11.1 Å². The van der Waals surface area contributed by atoms with Gasteiger partial charge >= 0.3 is 6.03 Å². The SMILES string of the molecule is CC(C)CN1C(=O)N=C(N)C1CC(=O)NC1CC1. The molecule has 18 heavy (non-hydrogen) atoms. The standard InChI is InChI=1S/C12H20N4O2/c1-7(2)6-16-9(11(13)15-12(16)18)5-10(17)14-8-3-4-8/h7-9H,3-6H2,1-2H3,(H,14,17)(H2,13,15,18). The summed E-state index contributed by atoms with van der Waals surface area (Å²) >= 11 is 0. The number of nitrogens with two attached hydrogens (primary N) is 1. The third-order valence-electron chi connectivity index (χ3n) is 3.07. The smallest absolute Gasteiger partial charge is 0.345 e. The van der Waals surface area contributed by atoms with Crippen LogP contribution in [0.15, 0.2) is 4.99 Å². The van der Waals surface area contributed by atoms with E-state index in [1.165, 1.54) is 0 Å². The van der Waals surface area contributed by atoms with Crippen LogP contribution in [0.1, 0.15) is 33.1 Å². The van der Waals surface area contributed by atoms with Gasteiger partial charge in [-0.2, -0.15) is 4.99 Å². The predicted molar refractivity (Wildman–Crippen MR) is 68.1 cm³/mol. The Hall–Kier alpha value is -1.59. The summed E-state index contributed by atoms with van der Waals surface area (Å²) in [5.74, 6) is 0.528. The molecule has 6 heteroatoms. The van der Waals surface area contributed by atoms with Gasteiger partial charge in [-0.15, -0.1) is 0 Å². The molecule has 0 spiro atoms. The van der Waals surface area contributed by atoms with Gasteiger partial charge in [-0.1, -0.05) is 13.8 Å². The second-order valence-electron chi connectivity index (χ2n) is 5.43. The summed E-state index contributed by atoms with van der Waals surface area (Å²) in [6.07, 6.45) is 2.31. The number of amidine groups is 1. The largest absolute Gasteiger partial charge is 0.385 e. The van der Waals surface area contributed by atoms with Gasteiger partial charge in [0.05, 0.1) is 12.5 Å². The fraction of sp³-hybridized carbons (Fsp3) is 0.750. The zero-order valence-electron chi connectivity index (χ0n) is 10.8. The number of carbonyl (C=O) groups excluding carboxylic acids is 2. The molecule has 6 nitrogen and oxygen atoms in total. The Morgan fingerprint density at radius 3 is 2.78 bits per heavy atom. The number of hydrogen-bond donors (Lipinski definition) is 2. The van der Waals surface area contributed by atoms with E-state index >= 15 is 0 Å². The molecule has 3 N–H and O–H groups in total. The number of urea groups is 1. The van der Waals surface area contributed by atoms with Gasteiger partial charge < -0.3 is 16.0 Å². The summed E-state index contributed by atoms with van der Waals surface area (Å²) < 4.78 is 0. The summed E-state index contributed by atoms with van der Waals surface area (Å²) in [6.45, 7) is 4.61. The lowest BCUT2D eigenvalue weighted by Crippen LogP contribution is -2.45. The summed E-state index contributed by atoms with van der Waals surface area (Å²) in [6, 6.07) is -0.379. The van der Waals surface area contributed by atoms with E-state index < -0.39 is 0 Å². The molecule has 1 aliphatic heterocycles. The molecular weight excluding hydrogens is 232 g/mol. The van der Waals surface area contributed by atoms with Crippen molar-refractivity contribution in [2.75, 3.05) is 6.54 Å². The second kappa shape index (κ2) is 4.96. The number of nitrogens with one attached hydrogen (secondary N) is 1. The Balaban J connectivity index is 1.96. The third kappa shape index (κ3) is 3.00. The van der Waals surface area contributed by atoms with E-state index in [0.717, 1.165) is 12.8 Å². The van der Waals surface area contributed by atoms with Crippen molar-refractivity contribution < 1.29 is 9.59 Å². The van der Waals surface area contributed by atoms with Crippen LogP contribution in [-0.2, 0) is 4.79 Å². The highest BCUT2D eigenvalue weighted by Gasteiger charge is 2.35. The fourth-order valence-electron chi connectivity index (χ4n) is 2.05. The minimum absolute atomic E-state index is 0.0518. The molecule has 0 aromatic rings. The van der Waals surface area contributed by atoms with E-state index in [9.17, 15) is 9.59 Å². The highest BCUT2D eigenvalue weighted by molar-refractivity contribution is 6.04. The first-order valence-electron chi connectivity index (χ1n) is 6.41. The summed E-state index contributed by atoms with van der Waals surface area (Å²) in [5, 5.41) is 2.90. The van der Waals surface area contributed by atoms with E-state index in [1.807, 2.05) is 13.8 Å². The monoisotopic (exact) mass is 252 g/mol. The van der Waals surface area contributed by atoms with Crippen LogP contribution in [0.3, 0.4) is 0 Å². The lowest BCUT2D eigenvalue weighted by Gasteiger charge is -2.25. The number of nitrogens with zero attached hydrogens (tertiary/aromatic N) is 2. The van der Waals surface area contributed by atoms with Crippen LogP contribution in [0.5, 0.6) is 0 Å². The van der Waals surface area contributed by atoms with Gasteiger partial charge in [-0.05, 0) is 18.8 Å². The number of hydrogen-bond acceptors (Lipinski definition) is 3. The zero-order valence-corrected chi connectivity index (χ0v) is 10.8. The van der Waals surface area contributed by atoms with Gasteiger partial charge in [0.25, 0.3) is 0 Å². The third-order valence-corrected chi connectivity index (χ3v) is 3.07. The number of rotatable bonds is 5. The second-order valence-corrected chi connectivity index (χ2v) is 5.43. The Morgan fingerprint density at radius 1 is 1.56 bits per heavy atom. The van der Waals surface area contributed by atoms with Crippen molar-refractivity contribution in [3.8, 4) is 0 Å². The van der Waals surface area contributed by atoms with Gasteiger partial charge in [0, 0.05) is 12.6 Å². The van der Waals surface area contributed by atoms with Crippen LogP contribution in [0.2, 0.25) is 0 Å². The molecule has 1 atom stereocenters. The van der Waals surface area contributed by atoms with Crippen LogP contribution in [0.25, 0.3) is 0 Å². The van der Waals surface area contributed by atoms with Crippen molar-refractivity contribution in [3.63, 3.8) is 0 Å². The van der Waals surface area contributed by atoms with E-state index in [0.29, 0.717) is 18.5 Å². The number of aliphatic imine (C=N–C) groups is 1. The first-order chi connectivity index (χ1) is 8.47. The van der Waals surface area contributed by atoms with E-state index in [1.54, 1.807) is 4.90 Å². The molecule has 0 bridgehead atoms. The van der Waals surface area contributed by atoms with Crippen molar-refractivity contribution in [3.05, 3.63) is 0 Å². The van der Waals surface area contributed by atoms with Crippen LogP contribution in [-0.4, -0.2) is 41.3 Å². The fourth-order valence-corrected chi connectivity index (χ4v) is 2.05. The maximum absolute atomic E-state index is 11.8. The predicted octanol–water partition coefficient (Wildman–Crippen LogP) is 0.473. The maximum Gasteiger partial charge on any atom is 0.345 e. The molecule has 1 saturated carbocycles. The highest BCUT2D eigenvalue weighted by atomic mass is 16.2. The molecule has 0 saturated heterocycles. The molecule has 1 unspecified atom stereocenters. The van der Waals surface area contributed by atoms with Crippen LogP contribution in [0.4, 0.5) is 4.79 Å². The van der Waals surface area contributed by atoms with Gasteiger partial charge in [0.1, 0.15) is 5.84 Å². The summed E-state index contributed by atoms with van der Waals surface area (Å²) in [4.78, 5) is 28.8. The zero-order chi connectivity index (χ0) is 13.3. The Labute approximate surface area is 107 Å². The van der Waals surface area contributed by atoms with Crippen molar-refractivity contribution >= 4 is 17.8 Å². The van der Waals surface area contributed by atoms with Crippen LogP contribution >= 0.6 is 0 Å². The first kappa shape index (κ1) is 12.9. The molecule has 2 rings (SSSR count). The maximum atomic E-state index is 11.8. The van der Waals surface area contributed by atoms with Gasteiger partial charge in [0.15, 0.2) is 0 Å². The lowest BCUT2D eigenvalue weighted by molar-refractivity contribution is -0.121. The summed E-state index contributed by atoms with van der Waals surface area (Å²) in [7, 11) is 0. The number of carbonyl (C=O) groups is 2. The molecule has 0 aromatic carbocycles. The Kier molecular flexibility index (Phi) is 3.54. The van der Waals surface area contributed by atoms with Crippen molar-refractivity contribution in [1.29, 1.82) is 0 Å². The van der Waals surface area contributed by atoms with Crippen molar-refractivity contribution in [2.45, 2.75) is 45.2 Å². The van der Waals surface area contributed by atoms with E-state index in [-0.39, 0.29) is 30.2 Å². The van der Waals surface area contributed by atoms with Gasteiger partial charge in [0.2, 0.25) is 5.91 Å². The molecule has 100 valence electrons. The minimum atomic E-state index is -0.376. The molecular formula is C12H20N4O2. The molecule has 0 radical (unpaired) electrons. The van der Waals surface area contributed by atoms with Crippen molar-refractivity contribution in [1.82, 2.24) is 10.2 Å². The topological polar surface area (TPSA) is 87.8 Å². The van der Waals surface area contributed by atoms with Crippen LogP contribution in [0, 0.1) is 5.92 Å². The average molecular weight is 252 g/mol. The quantitative estimate of drug-likeness (QED) is 0.745. The van der Waals surface area contributed by atoms with Crippen molar-refractivity contribution in [2.24, 2.45) is 16.6 Å². The molecule has 0 aromatic heterocycles. The van der Waals surface area contributed by atoms with Gasteiger partial charge in [-0.3, -0.25) is 4.79 Å². The Bertz CT molecular complexity index is 388. The van der Waals surface area contributed by atoms with E-state index in [4.69, 9.17) is 5.73 Å². The van der Waals surface area contributed by atoms with Gasteiger partial charge in [-0.25, -0.2) is 4.79 Å². The molecule has 1 aliphatic carbocycles. The van der Waals surface area contributed by atoms with E-state index in [2.05, 4.69) is 10.3 Å². The highest BCUT2D eigenvalue weighted by Crippen LogP contribution is 2.20. The lowest BCUT2D eigenvalue weighted by atomic mass is 10.1. The molecule has 3 amide bonds. The number of amides is 3. The molecule has 1 fully saturated rings. The molecule has 1 heterocycles.